The first-order chi connectivity index (χ1) is 16.6. The molecular weight excluding hydrogens is 436 g/mol. The molecule has 4 N–H and O–H groups in total. The second kappa shape index (κ2) is 13.7. The van der Waals surface area contributed by atoms with E-state index >= 15 is 0 Å². The summed E-state index contributed by atoms with van der Waals surface area (Å²) in [6.45, 7) is 3.98. The Kier molecular flexibility index (Phi) is 10.4. The number of nitrogens with two attached hydrogens (primary N) is 1. The normalized spacial score (nSPS) is 19.8. The molecule has 0 aliphatic carbocycles. The standard InChI is InChI=1S/C26H34N2O6/c1-2-33-26-20(12-14-31-16-17-32-15-13-29)21(19-8-4-3-5-9-19)18-24(34-26)25(30)28-23-11-7-6-10-22(23)27/h3-11,18,20-21,26,29H,2,12-17,27H2,1H3,(H,28,30)/t20-,21+,26+/m0/s1. The lowest BCUT2D eigenvalue weighted by atomic mass is 9.81. The van der Waals surface area contributed by atoms with Gasteiger partial charge in [-0.25, -0.2) is 0 Å². The van der Waals surface area contributed by atoms with Crippen LogP contribution in [0.5, 0.6) is 0 Å². The second-order valence-corrected chi connectivity index (χ2v) is 7.85. The highest BCUT2D eigenvalue weighted by Crippen LogP contribution is 2.39. The fraction of sp³-hybridized carbons (Fsp3) is 0.423. The van der Waals surface area contributed by atoms with Crippen molar-refractivity contribution < 1.29 is 28.8 Å². The van der Waals surface area contributed by atoms with Crippen LogP contribution in [0.1, 0.15) is 24.8 Å². The molecule has 3 atom stereocenters. The molecule has 1 amide bonds. The van der Waals surface area contributed by atoms with Gasteiger partial charge in [0.1, 0.15) is 0 Å². The summed E-state index contributed by atoms with van der Waals surface area (Å²) in [5.74, 6) is -0.335. The number of nitrogen functional groups attached to an aromatic ring is 1. The Hall–Kier alpha value is -2.91. The van der Waals surface area contributed by atoms with E-state index in [4.69, 9.17) is 29.8 Å². The number of carbonyl (C=O) groups excluding carboxylic acids is 1. The number of allylic oxidation sites excluding steroid dienone is 1. The molecule has 0 saturated carbocycles. The quantitative estimate of drug-likeness (QED) is 0.304. The monoisotopic (exact) mass is 470 g/mol. The van der Waals surface area contributed by atoms with Crippen molar-refractivity contribution in [1.29, 1.82) is 0 Å². The minimum Gasteiger partial charge on any atom is -0.459 e. The number of aliphatic hydroxyl groups is 1. The lowest BCUT2D eigenvalue weighted by molar-refractivity contribution is -0.166. The van der Waals surface area contributed by atoms with E-state index in [9.17, 15) is 4.79 Å². The average Bonchev–Trinajstić information content (AvgIpc) is 2.86. The zero-order chi connectivity index (χ0) is 24.2. The van der Waals surface area contributed by atoms with Gasteiger partial charge >= 0.3 is 0 Å². The third-order valence-corrected chi connectivity index (χ3v) is 5.54. The number of aliphatic hydroxyl groups excluding tert-OH is 1. The van der Waals surface area contributed by atoms with Gasteiger partial charge in [-0.1, -0.05) is 42.5 Å². The Labute approximate surface area is 200 Å². The molecule has 0 bridgehead atoms. The summed E-state index contributed by atoms with van der Waals surface area (Å²) < 4.78 is 23.0. The van der Waals surface area contributed by atoms with E-state index in [1.807, 2.05) is 55.5 Å². The van der Waals surface area contributed by atoms with E-state index in [-0.39, 0.29) is 30.1 Å². The minimum atomic E-state index is -0.608. The van der Waals surface area contributed by atoms with E-state index < -0.39 is 6.29 Å². The number of para-hydroxylation sites is 2. The minimum absolute atomic E-state index is 0.00663. The molecule has 1 aliphatic rings. The fourth-order valence-electron chi connectivity index (χ4n) is 3.89. The molecule has 1 heterocycles. The predicted octanol–water partition coefficient (Wildman–Crippen LogP) is 3.30. The van der Waals surface area contributed by atoms with Crippen molar-refractivity contribution in [2.24, 2.45) is 5.92 Å². The van der Waals surface area contributed by atoms with Gasteiger partial charge in [0.2, 0.25) is 6.29 Å². The zero-order valence-corrected chi connectivity index (χ0v) is 19.5. The maximum absolute atomic E-state index is 13.1. The largest absolute Gasteiger partial charge is 0.459 e. The van der Waals surface area contributed by atoms with Gasteiger partial charge in [0.15, 0.2) is 5.76 Å². The maximum atomic E-state index is 13.1. The lowest BCUT2D eigenvalue weighted by Crippen LogP contribution is -2.38. The Morgan fingerprint density at radius 1 is 1.03 bits per heavy atom. The van der Waals surface area contributed by atoms with Gasteiger partial charge in [0.05, 0.1) is 37.8 Å². The van der Waals surface area contributed by atoms with Crippen molar-refractivity contribution in [3.05, 3.63) is 72.0 Å². The SMILES string of the molecule is CCO[C@@H]1OC(C(=O)Nc2ccccc2N)=C[C@H](c2ccccc2)[C@@H]1CCOCCOCCO. The number of hydrogen-bond acceptors (Lipinski definition) is 7. The smallest absolute Gasteiger partial charge is 0.290 e. The first kappa shape index (κ1) is 25.7. The first-order valence-corrected chi connectivity index (χ1v) is 11.6. The van der Waals surface area contributed by atoms with Gasteiger partial charge in [-0.2, -0.15) is 0 Å². The third kappa shape index (κ3) is 7.30. The van der Waals surface area contributed by atoms with Crippen LogP contribution in [0.25, 0.3) is 0 Å². The summed E-state index contributed by atoms with van der Waals surface area (Å²) in [7, 11) is 0. The number of nitrogens with one attached hydrogen (secondary N) is 1. The highest BCUT2D eigenvalue weighted by molar-refractivity contribution is 6.04. The van der Waals surface area contributed by atoms with Crippen molar-refractivity contribution in [3.8, 4) is 0 Å². The van der Waals surface area contributed by atoms with Crippen LogP contribution in [0.2, 0.25) is 0 Å². The van der Waals surface area contributed by atoms with Crippen LogP contribution in [0.3, 0.4) is 0 Å². The fourth-order valence-corrected chi connectivity index (χ4v) is 3.89. The highest BCUT2D eigenvalue weighted by Gasteiger charge is 2.38. The van der Waals surface area contributed by atoms with Gasteiger partial charge in [-0.05, 0) is 37.1 Å². The molecule has 2 aromatic rings. The van der Waals surface area contributed by atoms with Crippen LogP contribution in [0.4, 0.5) is 11.4 Å². The Morgan fingerprint density at radius 3 is 2.44 bits per heavy atom. The molecule has 8 nitrogen and oxygen atoms in total. The number of carbonyl (C=O) groups is 1. The molecule has 0 fully saturated rings. The van der Waals surface area contributed by atoms with E-state index in [0.717, 1.165) is 5.56 Å². The van der Waals surface area contributed by atoms with Crippen LogP contribution >= 0.6 is 0 Å². The number of rotatable bonds is 13. The number of amides is 1. The topological polar surface area (TPSA) is 112 Å². The zero-order valence-electron chi connectivity index (χ0n) is 19.5. The van der Waals surface area contributed by atoms with Crippen molar-refractivity contribution in [2.75, 3.05) is 50.7 Å². The summed E-state index contributed by atoms with van der Waals surface area (Å²) in [6, 6.07) is 17.1. The Balaban J connectivity index is 1.77. The van der Waals surface area contributed by atoms with Gasteiger partial charge in [-0.3, -0.25) is 4.79 Å². The average molecular weight is 471 g/mol. The van der Waals surface area contributed by atoms with Gasteiger partial charge < -0.3 is 35.1 Å². The van der Waals surface area contributed by atoms with Gasteiger partial charge in [-0.15, -0.1) is 0 Å². The number of anilines is 2. The number of hydrogen-bond donors (Lipinski definition) is 3. The summed E-state index contributed by atoms with van der Waals surface area (Å²) in [5.41, 5.74) is 8.06. The molecule has 0 spiro atoms. The van der Waals surface area contributed by atoms with Crippen LogP contribution in [-0.4, -0.2) is 56.9 Å². The summed E-state index contributed by atoms with van der Waals surface area (Å²) in [6.07, 6.45) is 1.92. The van der Waals surface area contributed by atoms with E-state index in [0.29, 0.717) is 50.8 Å². The molecule has 2 aromatic carbocycles. The Morgan fingerprint density at radius 2 is 1.74 bits per heavy atom. The van der Waals surface area contributed by atoms with Crippen LogP contribution in [0, 0.1) is 5.92 Å². The van der Waals surface area contributed by atoms with Crippen LogP contribution in [0.15, 0.2) is 66.4 Å². The van der Waals surface area contributed by atoms with Crippen molar-refractivity contribution >= 4 is 17.3 Å². The lowest BCUT2D eigenvalue weighted by Gasteiger charge is -2.37. The van der Waals surface area contributed by atoms with Gasteiger partial charge in [0, 0.05) is 25.0 Å². The molecule has 0 unspecified atom stereocenters. The Bertz CT molecular complexity index is 921. The molecule has 34 heavy (non-hydrogen) atoms. The molecule has 0 aromatic heterocycles. The third-order valence-electron chi connectivity index (χ3n) is 5.54. The summed E-state index contributed by atoms with van der Waals surface area (Å²) >= 11 is 0. The van der Waals surface area contributed by atoms with Crippen molar-refractivity contribution in [2.45, 2.75) is 25.6 Å². The highest BCUT2D eigenvalue weighted by atomic mass is 16.7. The van der Waals surface area contributed by atoms with Crippen LogP contribution in [-0.2, 0) is 23.7 Å². The maximum Gasteiger partial charge on any atom is 0.290 e. The van der Waals surface area contributed by atoms with Crippen molar-refractivity contribution in [3.63, 3.8) is 0 Å². The van der Waals surface area contributed by atoms with E-state index in [1.54, 1.807) is 12.1 Å². The summed E-state index contributed by atoms with van der Waals surface area (Å²) in [4.78, 5) is 13.1. The molecular formula is C26H34N2O6. The molecule has 0 radical (unpaired) electrons. The van der Waals surface area contributed by atoms with E-state index in [1.165, 1.54) is 0 Å². The number of ether oxygens (including phenoxy) is 4. The molecule has 8 heteroatoms. The summed E-state index contributed by atoms with van der Waals surface area (Å²) in [5, 5.41) is 11.6. The molecule has 0 saturated heterocycles. The molecule has 3 rings (SSSR count). The first-order valence-electron chi connectivity index (χ1n) is 11.6. The van der Waals surface area contributed by atoms with Crippen LogP contribution < -0.4 is 11.1 Å². The van der Waals surface area contributed by atoms with Crippen molar-refractivity contribution in [1.82, 2.24) is 0 Å². The second-order valence-electron chi connectivity index (χ2n) is 7.85. The molecule has 184 valence electrons. The van der Waals surface area contributed by atoms with E-state index in [2.05, 4.69) is 5.32 Å². The number of benzene rings is 2. The molecule has 1 aliphatic heterocycles. The predicted molar refractivity (Wildman–Crippen MR) is 130 cm³/mol. The van der Waals surface area contributed by atoms with Gasteiger partial charge in [0.25, 0.3) is 5.91 Å².